The van der Waals surface area contributed by atoms with Gasteiger partial charge in [-0.2, -0.15) is 5.10 Å². The standard InChI is InChI=1S/C12H15N5O/c13-11-7-16-17(8-11)9-12(18)15-6-3-10-1-4-14-5-2-10/h1-2,4-5,7-8H,3,6,9,13H2,(H,15,18). The van der Waals surface area contributed by atoms with E-state index in [1.807, 2.05) is 12.1 Å². The van der Waals surface area contributed by atoms with Crippen molar-refractivity contribution in [1.82, 2.24) is 20.1 Å². The number of nitrogens with two attached hydrogens (primary N) is 1. The first-order valence-electron chi connectivity index (χ1n) is 5.67. The normalized spacial score (nSPS) is 10.2. The van der Waals surface area contributed by atoms with Crippen LogP contribution >= 0.6 is 0 Å². The second-order valence-electron chi connectivity index (χ2n) is 3.93. The lowest BCUT2D eigenvalue weighted by atomic mass is 10.2. The van der Waals surface area contributed by atoms with Gasteiger partial charge in [0.15, 0.2) is 0 Å². The van der Waals surface area contributed by atoms with Crippen molar-refractivity contribution in [1.29, 1.82) is 0 Å². The van der Waals surface area contributed by atoms with Crippen LogP contribution in [-0.4, -0.2) is 27.2 Å². The van der Waals surface area contributed by atoms with E-state index in [1.54, 1.807) is 18.6 Å². The SMILES string of the molecule is Nc1cnn(CC(=O)NCCc2ccncc2)c1. The van der Waals surface area contributed by atoms with Gasteiger partial charge >= 0.3 is 0 Å². The Balaban J connectivity index is 1.72. The van der Waals surface area contributed by atoms with Gasteiger partial charge in [-0.25, -0.2) is 0 Å². The van der Waals surface area contributed by atoms with E-state index in [0.717, 1.165) is 12.0 Å². The summed E-state index contributed by atoms with van der Waals surface area (Å²) in [4.78, 5) is 15.5. The second kappa shape index (κ2) is 5.81. The topological polar surface area (TPSA) is 85.8 Å². The van der Waals surface area contributed by atoms with Crippen molar-refractivity contribution in [3.05, 3.63) is 42.5 Å². The summed E-state index contributed by atoms with van der Waals surface area (Å²) in [6.45, 7) is 0.785. The first-order valence-corrected chi connectivity index (χ1v) is 5.67. The van der Waals surface area contributed by atoms with Gasteiger partial charge in [0.1, 0.15) is 6.54 Å². The van der Waals surface area contributed by atoms with E-state index in [-0.39, 0.29) is 12.5 Å². The maximum atomic E-state index is 11.6. The van der Waals surface area contributed by atoms with Crippen molar-refractivity contribution in [2.75, 3.05) is 12.3 Å². The molecular formula is C12H15N5O. The molecule has 0 atom stereocenters. The minimum Gasteiger partial charge on any atom is -0.396 e. The van der Waals surface area contributed by atoms with Crippen LogP contribution in [0.5, 0.6) is 0 Å². The van der Waals surface area contributed by atoms with Crippen molar-refractivity contribution < 1.29 is 4.79 Å². The molecule has 6 nitrogen and oxygen atoms in total. The molecule has 0 aliphatic rings. The maximum Gasteiger partial charge on any atom is 0.241 e. The summed E-state index contributed by atoms with van der Waals surface area (Å²) in [6, 6.07) is 3.86. The van der Waals surface area contributed by atoms with Gasteiger partial charge in [0, 0.05) is 25.1 Å². The van der Waals surface area contributed by atoms with E-state index in [1.165, 1.54) is 10.9 Å². The fourth-order valence-electron chi connectivity index (χ4n) is 1.56. The Morgan fingerprint density at radius 1 is 1.39 bits per heavy atom. The lowest BCUT2D eigenvalue weighted by molar-refractivity contribution is -0.121. The third-order valence-electron chi connectivity index (χ3n) is 2.44. The molecule has 0 fully saturated rings. The smallest absolute Gasteiger partial charge is 0.241 e. The largest absolute Gasteiger partial charge is 0.396 e. The Morgan fingerprint density at radius 2 is 2.17 bits per heavy atom. The summed E-state index contributed by atoms with van der Waals surface area (Å²) in [5.74, 6) is -0.0767. The predicted molar refractivity (Wildman–Crippen MR) is 67.6 cm³/mol. The van der Waals surface area contributed by atoms with Gasteiger partial charge in [0.2, 0.25) is 5.91 Å². The van der Waals surface area contributed by atoms with Crippen LogP contribution in [0, 0.1) is 0 Å². The van der Waals surface area contributed by atoms with Gasteiger partial charge in [-0.1, -0.05) is 0 Å². The Labute approximate surface area is 105 Å². The molecule has 0 bridgehead atoms. The predicted octanol–water partition coefficient (Wildman–Crippen LogP) is 0.219. The molecule has 0 saturated heterocycles. The van der Waals surface area contributed by atoms with E-state index >= 15 is 0 Å². The van der Waals surface area contributed by atoms with Gasteiger partial charge in [-0.05, 0) is 24.1 Å². The molecule has 18 heavy (non-hydrogen) atoms. The molecule has 0 spiro atoms. The number of pyridine rings is 1. The molecule has 2 rings (SSSR count). The van der Waals surface area contributed by atoms with Crippen molar-refractivity contribution >= 4 is 11.6 Å². The highest BCUT2D eigenvalue weighted by molar-refractivity contribution is 5.75. The summed E-state index contributed by atoms with van der Waals surface area (Å²) >= 11 is 0. The molecule has 1 amide bonds. The van der Waals surface area contributed by atoms with Crippen molar-refractivity contribution in [2.24, 2.45) is 0 Å². The number of carbonyl (C=O) groups is 1. The minimum absolute atomic E-state index is 0.0767. The molecule has 0 radical (unpaired) electrons. The Bertz CT molecular complexity index is 508. The number of carbonyl (C=O) groups excluding carboxylic acids is 1. The van der Waals surface area contributed by atoms with Crippen LogP contribution in [0.4, 0.5) is 5.69 Å². The van der Waals surface area contributed by atoms with Crippen LogP contribution < -0.4 is 11.1 Å². The molecule has 3 N–H and O–H groups in total. The molecule has 0 aliphatic heterocycles. The quantitative estimate of drug-likeness (QED) is 0.789. The summed E-state index contributed by atoms with van der Waals surface area (Å²) in [6.07, 6.45) is 7.41. The highest BCUT2D eigenvalue weighted by Crippen LogP contribution is 1.98. The molecule has 2 aromatic rings. The summed E-state index contributed by atoms with van der Waals surface area (Å²) < 4.78 is 1.51. The van der Waals surface area contributed by atoms with Gasteiger partial charge in [0.25, 0.3) is 0 Å². The van der Waals surface area contributed by atoms with E-state index in [4.69, 9.17) is 5.73 Å². The molecule has 0 saturated carbocycles. The molecule has 0 aliphatic carbocycles. The van der Waals surface area contributed by atoms with Gasteiger partial charge in [-0.15, -0.1) is 0 Å². The average Bonchev–Trinajstić information content (AvgIpc) is 2.76. The number of amides is 1. The highest BCUT2D eigenvalue weighted by Gasteiger charge is 2.03. The zero-order chi connectivity index (χ0) is 12.8. The summed E-state index contributed by atoms with van der Waals surface area (Å²) in [7, 11) is 0. The zero-order valence-electron chi connectivity index (χ0n) is 9.91. The Hall–Kier alpha value is -2.37. The molecule has 0 unspecified atom stereocenters. The fraction of sp³-hybridized carbons (Fsp3) is 0.250. The number of nitrogen functional groups attached to an aromatic ring is 1. The van der Waals surface area contributed by atoms with Crippen LogP contribution in [0.1, 0.15) is 5.56 Å². The van der Waals surface area contributed by atoms with Crippen molar-refractivity contribution in [2.45, 2.75) is 13.0 Å². The molecule has 2 aromatic heterocycles. The number of nitrogens with one attached hydrogen (secondary N) is 1. The van der Waals surface area contributed by atoms with Crippen molar-refractivity contribution in [3.8, 4) is 0 Å². The number of nitrogens with zero attached hydrogens (tertiary/aromatic N) is 3. The molecule has 2 heterocycles. The van der Waals surface area contributed by atoms with E-state index in [0.29, 0.717) is 12.2 Å². The number of hydrogen-bond donors (Lipinski definition) is 2. The minimum atomic E-state index is -0.0767. The average molecular weight is 245 g/mol. The number of aromatic nitrogens is 3. The van der Waals surface area contributed by atoms with Gasteiger partial charge < -0.3 is 11.1 Å². The first kappa shape index (κ1) is 12.1. The van der Waals surface area contributed by atoms with Crippen LogP contribution in [0.2, 0.25) is 0 Å². The zero-order valence-corrected chi connectivity index (χ0v) is 9.91. The first-order chi connectivity index (χ1) is 8.74. The molecule has 6 heteroatoms. The lowest BCUT2D eigenvalue weighted by Gasteiger charge is -2.05. The number of rotatable bonds is 5. The van der Waals surface area contributed by atoms with Gasteiger partial charge in [0.05, 0.1) is 11.9 Å². The summed E-state index contributed by atoms with van der Waals surface area (Å²) in [5.41, 5.74) is 7.21. The molecule has 0 aromatic carbocycles. The number of hydrogen-bond acceptors (Lipinski definition) is 4. The van der Waals surface area contributed by atoms with Crippen LogP contribution in [-0.2, 0) is 17.8 Å². The van der Waals surface area contributed by atoms with E-state index < -0.39 is 0 Å². The molecule has 94 valence electrons. The highest BCUT2D eigenvalue weighted by atomic mass is 16.2. The van der Waals surface area contributed by atoms with Gasteiger partial charge in [-0.3, -0.25) is 14.5 Å². The Morgan fingerprint density at radius 3 is 2.83 bits per heavy atom. The second-order valence-corrected chi connectivity index (χ2v) is 3.93. The molecular weight excluding hydrogens is 230 g/mol. The van der Waals surface area contributed by atoms with Crippen molar-refractivity contribution in [3.63, 3.8) is 0 Å². The van der Waals surface area contributed by atoms with Crippen LogP contribution in [0.3, 0.4) is 0 Å². The third kappa shape index (κ3) is 3.58. The lowest BCUT2D eigenvalue weighted by Crippen LogP contribution is -2.29. The van der Waals surface area contributed by atoms with Crippen LogP contribution in [0.25, 0.3) is 0 Å². The van der Waals surface area contributed by atoms with Crippen LogP contribution in [0.15, 0.2) is 36.9 Å². The maximum absolute atomic E-state index is 11.6. The van der Waals surface area contributed by atoms with E-state index in [9.17, 15) is 4.79 Å². The Kier molecular flexibility index (Phi) is 3.90. The fourth-order valence-corrected chi connectivity index (χ4v) is 1.56. The third-order valence-corrected chi connectivity index (χ3v) is 2.44. The van der Waals surface area contributed by atoms with E-state index in [2.05, 4.69) is 15.4 Å². The number of anilines is 1. The monoisotopic (exact) mass is 245 g/mol. The summed E-state index contributed by atoms with van der Waals surface area (Å²) in [5, 5.41) is 6.77.